The zero-order valence-corrected chi connectivity index (χ0v) is 20.8. The van der Waals surface area contributed by atoms with Crippen LogP contribution in [0.25, 0.3) is 11.0 Å². The van der Waals surface area contributed by atoms with Crippen molar-refractivity contribution in [2.45, 2.75) is 32.2 Å². The molecule has 0 bridgehead atoms. The standard InChI is InChI=1S/C29H29F3N4O2/c30-29(31,32)22-7-6-8-23(17-22)33-28(37)19-35-15-13-21(14-16-35)18-36-26-12-5-4-11-25(26)34-27(36)20-38-24-9-2-1-3-10-24/h1-12,17,21H,13-16,18-20H2,(H,33,37). The highest BCUT2D eigenvalue weighted by molar-refractivity contribution is 5.92. The lowest BCUT2D eigenvalue weighted by atomic mass is 9.96. The van der Waals surface area contributed by atoms with Gasteiger partial charge in [0.15, 0.2) is 0 Å². The molecule has 1 aliphatic rings. The number of halogens is 3. The number of benzene rings is 3. The van der Waals surface area contributed by atoms with Crippen LogP contribution in [0.3, 0.4) is 0 Å². The van der Waals surface area contributed by atoms with E-state index in [1.807, 2.05) is 53.4 Å². The largest absolute Gasteiger partial charge is 0.486 e. The van der Waals surface area contributed by atoms with Crippen LogP contribution in [0, 0.1) is 5.92 Å². The zero-order valence-electron chi connectivity index (χ0n) is 20.8. The summed E-state index contributed by atoms with van der Waals surface area (Å²) in [5, 5.41) is 2.60. The lowest BCUT2D eigenvalue weighted by molar-refractivity contribution is -0.137. The van der Waals surface area contributed by atoms with Gasteiger partial charge in [0.1, 0.15) is 18.2 Å². The van der Waals surface area contributed by atoms with Crippen LogP contribution in [0.4, 0.5) is 18.9 Å². The highest BCUT2D eigenvalue weighted by Gasteiger charge is 2.30. The average Bonchev–Trinajstić information content (AvgIpc) is 3.26. The minimum atomic E-state index is -4.45. The van der Waals surface area contributed by atoms with E-state index in [0.29, 0.717) is 12.5 Å². The quantitative estimate of drug-likeness (QED) is 0.309. The first-order valence-corrected chi connectivity index (χ1v) is 12.7. The first-order chi connectivity index (χ1) is 18.3. The molecule has 38 heavy (non-hydrogen) atoms. The zero-order chi connectivity index (χ0) is 26.5. The van der Waals surface area contributed by atoms with Gasteiger partial charge in [-0.25, -0.2) is 4.98 Å². The van der Waals surface area contributed by atoms with E-state index in [9.17, 15) is 18.0 Å². The third-order valence-corrected chi connectivity index (χ3v) is 6.83. The Kier molecular flexibility index (Phi) is 7.64. The number of hydrogen-bond acceptors (Lipinski definition) is 4. The summed E-state index contributed by atoms with van der Waals surface area (Å²) in [5.41, 5.74) is 1.37. The van der Waals surface area contributed by atoms with Crippen LogP contribution in [0.1, 0.15) is 24.2 Å². The number of amides is 1. The number of hydrogen-bond donors (Lipinski definition) is 1. The Balaban J connectivity index is 1.17. The number of rotatable bonds is 8. The van der Waals surface area contributed by atoms with E-state index in [-0.39, 0.29) is 18.1 Å². The summed E-state index contributed by atoms with van der Waals surface area (Å²) in [6.45, 7) is 2.80. The van der Waals surface area contributed by atoms with E-state index in [1.165, 1.54) is 12.1 Å². The van der Waals surface area contributed by atoms with Crippen molar-refractivity contribution in [1.29, 1.82) is 0 Å². The van der Waals surface area contributed by atoms with Gasteiger partial charge in [0.2, 0.25) is 5.91 Å². The number of likely N-dealkylation sites (tertiary alicyclic amines) is 1. The Morgan fingerprint density at radius 3 is 2.47 bits per heavy atom. The van der Waals surface area contributed by atoms with Gasteiger partial charge < -0.3 is 14.6 Å². The minimum Gasteiger partial charge on any atom is -0.486 e. The van der Waals surface area contributed by atoms with Crippen LogP contribution in [0.15, 0.2) is 78.9 Å². The van der Waals surface area contributed by atoms with Crippen molar-refractivity contribution in [3.05, 3.63) is 90.3 Å². The number of para-hydroxylation sites is 3. The van der Waals surface area contributed by atoms with Crippen LogP contribution in [0.5, 0.6) is 5.75 Å². The van der Waals surface area contributed by atoms with Crippen molar-refractivity contribution in [3.8, 4) is 5.75 Å². The average molecular weight is 523 g/mol. The molecule has 1 N–H and O–H groups in total. The maximum atomic E-state index is 12.9. The molecule has 9 heteroatoms. The number of nitrogens with one attached hydrogen (secondary N) is 1. The SMILES string of the molecule is O=C(CN1CCC(Cn2c(COc3ccccc3)nc3ccccc32)CC1)Nc1cccc(C(F)(F)F)c1. The Morgan fingerprint density at radius 2 is 1.71 bits per heavy atom. The third kappa shape index (κ3) is 6.34. The molecule has 2 heterocycles. The minimum absolute atomic E-state index is 0.146. The van der Waals surface area contributed by atoms with Crippen LogP contribution in [-0.4, -0.2) is 40.0 Å². The molecule has 0 saturated carbocycles. The van der Waals surface area contributed by atoms with E-state index in [2.05, 4.69) is 16.0 Å². The van der Waals surface area contributed by atoms with Gasteiger partial charge in [0.05, 0.1) is 23.1 Å². The molecule has 4 aromatic rings. The van der Waals surface area contributed by atoms with Gasteiger partial charge in [0.25, 0.3) is 0 Å². The van der Waals surface area contributed by atoms with Gasteiger partial charge in [-0.3, -0.25) is 9.69 Å². The molecule has 1 aromatic heterocycles. The van der Waals surface area contributed by atoms with E-state index >= 15 is 0 Å². The predicted octanol–water partition coefficient (Wildman–Crippen LogP) is 5.98. The number of carbonyl (C=O) groups excluding carboxylic acids is 1. The van der Waals surface area contributed by atoms with Crippen LogP contribution >= 0.6 is 0 Å². The second kappa shape index (κ2) is 11.3. The smallest absolute Gasteiger partial charge is 0.416 e. The van der Waals surface area contributed by atoms with Gasteiger partial charge in [-0.05, 0) is 74.3 Å². The number of anilines is 1. The molecular formula is C29H29F3N4O2. The van der Waals surface area contributed by atoms with Gasteiger partial charge in [-0.2, -0.15) is 13.2 Å². The van der Waals surface area contributed by atoms with Crippen molar-refractivity contribution >= 4 is 22.6 Å². The second-order valence-corrected chi connectivity index (χ2v) is 9.58. The number of piperidine rings is 1. The highest BCUT2D eigenvalue weighted by Crippen LogP contribution is 2.31. The lowest BCUT2D eigenvalue weighted by Crippen LogP contribution is -2.40. The topological polar surface area (TPSA) is 59.4 Å². The number of fused-ring (bicyclic) bond motifs is 1. The van der Waals surface area contributed by atoms with E-state index < -0.39 is 11.7 Å². The summed E-state index contributed by atoms with van der Waals surface area (Å²) in [7, 11) is 0. The fourth-order valence-electron chi connectivity index (χ4n) is 4.87. The summed E-state index contributed by atoms with van der Waals surface area (Å²) < 4.78 is 47.1. The maximum Gasteiger partial charge on any atom is 0.416 e. The van der Waals surface area contributed by atoms with Gasteiger partial charge >= 0.3 is 6.18 Å². The van der Waals surface area contributed by atoms with Crippen molar-refractivity contribution in [3.63, 3.8) is 0 Å². The monoisotopic (exact) mass is 522 g/mol. The van der Waals surface area contributed by atoms with Gasteiger partial charge in [-0.15, -0.1) is 0 Å². The molecule has 0 atom stereocenters. The van der Waals surface area contributed by atoms with E-state index in [0.717, 1.165) is 67.2 Å². The summed E-state index contributed by atoms with van der Waals surface area (Å²) in [6, 6.07) is 22.4. The fourth-order valence-corrected chi connectivity index (χ4v) is 4.87. The number of aromatic nitrogens is 2. The van der Waals surface area contributed by atoms with Gasteiger partial charge in [-0.1, -0.05) is 36.4 Å². The lowest BCUT2D eigenvalue weighted by Gasteiger charge is -2.32. The predicted molar refractivity (Wildman–Crippen MR) is 140 cm³/mol. The first kappa shape index (κ1) is 25.8. The molecule has 0 radical (unpaired) electrons. The van der Waals surface area contributed by atoms with Gasteiger partial charge in [0, 0.05) is 12.2 Å². The number of alkyl halides is 3. The van der Waals surface area contributed by atoms with Crippen molar-refractivity contribution in [1.82, 2.24) is 14.5 Å². The van der Waals surface area contributed by atoms with Crippen LogP contribution in [-0.2, 0) is 24.1 Å². The Bertz CT molecular complexity index is 1380. The Labute approximate surface area is 219 Å². The van der Waals surface area contributed by atoms with Crippen molar-refractivity contribution in [2.24, 2.45) is 5.92 Å². The van der Waals surface area contributed by atoms with Crippen molar-refractivity contribution in [2.75, 3.05) is 25.0 Å². The Hall–Kier alpha value is -3.85. The van der Waals surface area contributed by atoms with E-state index in [1.54, 1.807) is 0 Å². The Morgan fingerprint density at radius 1 is 0.974 bits per heavy atom. The molecule has 198 valence electrons. The molecule has 0 spiro atoms. The second-order valence-electron chi connectivity index (χ2n) is 9.58. The van der Waals surface area contributed by atoms with Crippen LogP contribution in [0.2, 0.25) is 0 Å². The third-order valence-electron chi connectivity index (χ3n) is 6.83. The fraction of sp³-hybridized carbons (Fsp3) is 0.310. The number of nitrogens with zero attached hydrogens (tertiary/aromatic N) is 3. The first-order valence-electron chi connectivity index (χ1n) is 12.7. The number of carbonyl (C=O) groups is 1. The molecule has 1 saturated heterocycles. The van der Waals surface area contributed by atoms with Crippen molar-refractivity contribution < 1.29 is 22.7 Å². The summed E-state index contributed by atoms with van der Waals surface area (Å²) in [4.78, 5) is 19.4. The maximum absolute atomic E-state index is 12.9. The molecule has 0 unspecified atom stereocenters. The molecule has 3 aromatic carbocycles. The molecule has 0 aliphatic carbocycles. The molecule has 1 aliphatic heterocycles. The summed E-state index contributed by atoms with van der Waals surface area (Å²) in [6.07, 6.45) is -2.64. The molecular weight excluding hydrogens is 493 g/mol. The van der Waals surface area contributed by atoms with E-state index in [4.69, 9.17) is 9.72 Å². The number of ether oxygens (including phenoxy) is 1. The summed E-state index contributed by atoms with van der Waals surface area (Å²) in [5.74, 6) is 1.76. The molecule has 6 nitrogen and oxygen atoms in total. The molecule has 1 amide bonds. The highest BCUT2D eigenvalue weighted by atomic mass is 19.4. The number of imidazole rings is 1. The normalized spacial score (nSPS) is 15.0. The summed E-state index contributed by atoms with van der Waals surface area (Å²) >= 11 is 0. The molecule has 1 fully saturated rings. The van der Waals surface area contributed by atoms with Crippen LogP contribution < -0.4 is 10.1 Å². The molecule has 5 rings (SSSR count).